The highest BCUT2D eigenvalue weighted by molar-refractivity contribution is 8.23. The van der Waals surface area contributed by atoms with Crippen molar-refractivity contribution in [2.45, 2.75) is 63.4 Å². The Bertz CT molecular complexity index is 434. The first kappa shape index (κ1) is 19.3. The molecule has 2 radical (unpaired) electrons. The van der Waals surface area contributed by atoms with Crippen LogP contribution in [0.1, 0.15) is 39.0 Å². The Morgan fingerprint density at radius 3 is 2.91 bits per heavy atom. The molecule has 1 aliphatic carbocycles. The van der Waals surface area contributed by atoms with Crippen molar-refractivity contribution in [3.05, 3.63) is 12.2 Å². The normalized spacial score (nSPS) is 34.3. The maximum Gasteiger partial charge on any atom is 0.306 e. The Balaban J connectivity index is 1.95. The fourth-order valence-corrected chi connectivity index (χ4v) is 4.36. The minimum Gasteiger partial charge on any atom is -0.462 e. The molecule has 1 saturated carbocycles. The van der Waals surface area contributed by atoms with Crippen molar-refractivity contribution in [1.29, 1.82) is 0 Å². The predicted molar refractivity (Wildman–Crippen MR) is 94.0 cm³/mol. The molecule has 5 nitrogen and oxygen atoms in total. The highest BCUT2D eigenvalue weighted by atomic mass is 32.0. The van der Waals surface area contributed by atoms with Crippen molar-refractivity contribution in [3.8, 4) is 0 Å². The molecule has 0 aromatic rings. The van der Waals surface area contributed by atoms with Crippen molar-refractivity contribution >= 4 is 30.2 Å². The van der Waals surface area contributed by atoms with Crippen LogP contribution >= 0.6 is 16.6 Å². The monoisotopic (exact) mass is 358 g/mol. The number of carbonyl (C=O) groups excluding carboxylic acids is 1. The number of fused-ring (bicyclic) bond motifs is 1. The lowest BCUT2D eigenvalue weighted by Gasteiger charge is -2.22. The van der Waals surface area contributed by atoms with Crippen LogP contribution < -0.4 is 0 Å². The summed E-state index contributed by atoms with van der Waals surface area (Å²) in [5, 5.41) is 19.6. The van der Waals surface area contributed by atoms with Crippen molar-refractivity contribution in [2.24, 2.45) is 11.8 Å². The van der Waals surface area contributed by atoms with Gasteiger partial charge in [0.2, 0.25) is 0 Å². The van der Waals surface area contributed by atoms with Gasteiger partial charge in [0.15, 0.2) is 7.57 Å². The molecule has 1 heterocycles. The van der Waals surface area contributed by atoms with Crippen molar-refractivity contribution < 1.29 is 24.3 Å². The molecule has 8 unspecified atom stereocenters. The van der Waals surface area contributed by atoms with Gasteiger partial charge in [-0.05, 0) is 27.0 Å². The zero-order valence-corrected chi connectivity index (χ0v) is 15.4. The van der Waals surface area contributed by atoms with Crippen molar-refractivity contribution in [3.63, 3.8) is 0 Å². The van der Waals surface area contributed by atoms with Gasteiger partial charge in [0.1, 0.15) is 6.10 Å². The standard InChI is InChI=1S/C15H25BO5P2/c1-2-9(17)3-4-10(18)5-6-11-12-7-15(19)20-13(12)8-14(11)21-23(16)22/h5-6,9-14,17-18H,2-4,7-8,22H2,1H3/b6-5+. The van der Waals surface area contributed by atoms with E-state index >= 15 is 0 Å². The third-order valence-corrected chi connectivity index (χ3v) is 5.51. The fraction of sp³-hybridized carbons (Fsp3) is 0.800. The van der Waals surface area contributed by atoms with Gasteiger partial charge in [-0.1, -0.05) is 28.0 Å². The molecule has 8 heteroatoms. The lowest BCUT2D eigenvalue weighted by molar-refractivity contribution is -0.141. The summed E-state index contributed by atoms with van der Waals surface area (Å²) < 4.78 is 11.1. The van der Waals surface area contributed by atoms with Crippen LogP contribution in [0.2, 0.25) is 0 Å². The summed E-state index contributed by atoms with van der Waals surface area (Å²) in [5.41, 5.74) is 0. The van der Waals surface area contributed by atoms with Gasteiger partial charge in [0.05, 0.1) is 24.7 Å². The van der Waals surface area contributed by atoms with Gasteiger partial charge in [0, 0.05) is 18.3 Å². The fourth-order valence-electron chi connectivity index (χ4n) is 3.35. The number of aliphatic hydroxyl groups excluding tert-OH is 2. The number of hydrogen-bond acceptors (Lipinski definition) is 5. The molecule has 0 aromatic carbocycles. The molecule has 2 rings (SSSR count). The highest BCUT2D eigenvalue weighted by Gasteiger charge is 2.49. The Labute approximate surface area is 142 Å². The number of rotatable bonds is 8. The van der Waals surface area contributed by atoms with Gasteiger partial charge in [0.25, 0.3) is 0 Å². The van der Waals surface area contributed by atoms with E-state index in [1.165, 1.54) is 0 Å². The molecule has 2 aliphatic rings. The molecule has 23 heavy (non-hydrogen) atoms. The molecule has 128 valence electrons. The van der Waals surface area contributed by atoms with Crippen LogP contribution in [-0.2, 0) is 14.1 Å². The van der Waals surface area contributed by atoms with Gasteiger partial charge >= 0.3 is 5.97 Å². The van der Waals surface area contributed by atoms with Crippen LogP contribution in [0.4, 0.5) is 0 Å². The quantitative estimate of drug-likeness (QED) is 0.301. The lowest BCUT2D eigenvalue weighted by Crippen LogP contribution is -2.20. The van der Waals surface area contributed by atoms with E-state index < -0.39 is 13.8 Å². The SMILES string of the molecule is [B]P(P)OC1CC2OC(=O)CC2C1/C=C/C(O)CCC(O)CC. The predicted octanol–water partition coefficient (Wildman–Crippen LogP) is 2.06. The number of hydrogen-bond donors (Lipinski definition) is 2. The molecule has 8 atom stereocenters. The molecular formula is C15H25BO5P2. The molecular weight excluding hydrogens is 333 g/mol. The van der Waals surface area contributed by atoms with Crippen LogP contribution in [0.15, 0.2) is 12.2 Å². The summed E-state index contributed by atoms with van der Waals surface area (Å²) in [6, 6.07) is 0. The molecule has 0 spiro atoms. The first-order chi connectivity index (χ1) is 10.9. The van der Waals surface area contributed by atoms with E-state index in [2.05, 4.69) is 8.93 Å². The summed E-state index contributed by atoms with van der Waals surface area (Å²) in [6.45, 7) is 1.92. The Hall–Kier alpha value is 0.0149. The molecule has 2 N–H and O–H groups in total. The third kappa shape index (κ3) is 5.51. The highest BCUT2D eigenvalue weighted by Crippen LogP contribution is 2.50. The van der Waals surface area contributed by atoms with Crippen molar-refractivity contribution in [2.75, 3.05) is 0 Å². The van der Waals surface area contributed by atoms with E-state index in [9.17, 15) is 15.0 Å². The van der Waals surface area contributed by atoms with Gasteiger partial charge in [-0.15, -0.1) is 0 Å². The smallest absolute Gasteiger partial charge is 0.306 e. The van der Waals surface area contributed by atoms with Gasteiger partial charge in [-0.3, -0.25) is 4.79 Å². The van der Waals surface area contributed by atoms with E-state index in [-0.39, 0.29) is 36.1 Å². The van der Waals surface area contributed by atoms with E-state index in [1.54, 1.807) is 6.08 Å². The lowest BCUT2D eigenvalue weighted by atomic mass is 9.91. The Kier molecular flexibility index (Phi) is 7.50. The number of ether oxygens (including phenoxy) is 1. The molecule has 1 saturated heterocycles. The van der Waals surface area contributed by atoms with E-state index in [0.29, 0.717) is 32.1 Å². The Morgan fingerprint density at radius 2 is 2.26 bits per heavy atom. The summed E-state index contributed by atoms with van der Waals surface area (Å²) in [4.78, 5) is 11.5. The van der Waals surface area contributed by atoms with Crippen LogP contribution in [0.3, 0.4) is 0 Å². The van der Waals surface area contributed by atoms with Gasteiger partial charge < -0.3 is 19.5 Å². The van der Waals surface area contributed by atoms with Crippen LogP contribution in [0, 0.1) is 11.8 Å². The van der Waals surface area contributed by atoms with Crippen LogP contribution in [0.5, 0.6) is 0 Å². The molecule has 2 fully saturated rings. The zero-order valence-electron chi connectivity index (χ0n) is 13.4. The second-order valence-electron chi connectivity index (χ2n) is 6.30. The molecule has 1 aliphatic heterocycles. The molecule has 0 amide bonds. The maximum absolute atomic E-state index is 11.5. The van der Waals surface area contributed by atoms with Crippen LogP contribution in [-0.4, -0.2) is 48.2 Å². The van der Waals surface area contributed by atoms with E-state index in [0.717, 1.165) is 0 Å². The first-order valence-electron chi connectivity index (χ1n) is 8.11. The average molecular weight is 358 g/mol. The van der Waals surface area contributed by atoms with Gasteiger partial charge in [-0.2, -0.15) is 0 Å². The van der Waals surface area contributed by atoms with E-state index in [1.807, 2.05) is 13.0 Å². The summed E-state index contributed by atoms with van der Waals surface area (Å²) in [5.74, 6) is -0.0483. The minimum absolute atomic E-state index is 0.0197. The minimum atomic E-state index is -1.07. The summed E-state index contributed by atoms with van der Waals surface area (Å²) in [7, 11) is 7.16. The van der Waals surface area contributed by atoms with Crippen LogP contribution in [0.25, 0.3) is 0 Å². The van der Waals surface area contributed by atoms with Crippen molar-refractivity contribution in [1.82, 2.24) is 0 Å². The second-order valence-corrected chi connectivity index (χ2v) is 8.76. The number of esters is 1. The second kappa shape index (κ2) is 8.92. The van der Waals surface area contributed by atoms with E-state index in [4.69, 9.17) is 16.8 Å². The first-order valence-corrected chi connectivity index (χ1v) is 11.1. The Morgan fingerprint density at radius 1 is 1.52 bits per heavy atom. The summed E-state index contributed by atoms with van der Waals surface area (Å²) in [6.07, 6.45) is 5.32. The van der Waals surface area contributed by atoms with Gasteiger partial charge in [-0.25, -0.2) is 0 Å². The average Bonchev–Trinajstić information content (AvgIpc) is 2.97. The third-order valence-electron chi connectivity index (χ3n) is 4.63. The largest absolute Gasteiger partial charge is 0.462 e. The zero-order chi connectivity index (χ0) is 17.0. The maximum atomic E-state index is 11.5. The number of aliphatic hydroxyl groups is 2. The molecule has 0 aromatic heterocycles. The number of carbonyl (C=O) groups is 1. The summed E-state index contributed by atoms with van der Waals surface area (Å²) >= 11 is 0. The molecule has 0 bridgehead atoms. The topological polar surface area (TPSA) is 76.0 Å².